The van der Waals surface area contributed by atoms with E-state index >= 15 is 0 Å². The average Bonchev–Trinajstić information content (AvgIpc) is 3.09. The molecule has 0 spiro atoms. The topological polar surface area (TPSA) is 85.4 Å². The third-order valence-electron chi connectivity index (χ3n) is 5.25. The van der Waals surface area contributed by atoms with Gasteiger partial charge in [0.1, 0.15) is 12.3 Å². The lowest BCUT2D eigenvalue weighted by Gasteiger charge is -2.33. The number of rotatable bonds is 7. The number of carbonyl (C=O) groups excluding carboxylic acids is 2. The molecule has 0 bridgehead atoms. The van der Waals surface area contributed by atoms with E-state index in [-0.39, 0.29) is 0 Å². The van der Waals surface area contributed by atoms with Crippen molar-refractivity contribution in [3.63, 3.8) is 0 Å². The van der Waals surface area contributed by atoms with Crippen molar-refractivity contribution >= 4 is 39.9 Å². The second-order valence-electron chi connectivity index (χ2n) is 7.28. The lowest BCUT2D eigenvalue weighted by atomic mass is 10.0. The molecule has 0 saturated carbocycles. The molecule has 1 fully saturated rings. The largest absolute Gasteiger partial charge is 0.389 e. The second kappa shape index (κ2) is 8.27. The van der Waals surface area contributed by atoms with Gasteiger partial charge in [-0.25, -0.2) is 0 Å². The zero-order valence-corrected chi connectivity index (χ0v) is 16.6. The highest BCUT2D eigenvalue weighted by molar-refractivity contribution is 6.31. The number of aliphatic hydroxyl groups excluding tert-OH is 1. The highest BCUT2D eigenvalue weighted by Gasteiger charge is 2.23. The van der Waals surface area contributed by atoms with E-state index in [0.29, 0.717) is 17.1 Å². The summed E-state index contributed by atoms with van der Waals surface area (Å²) < 4.78 is 0. The van der Waals surface area contributed by atoms with Crippen molar-refractivity contribution in [2.24, 2.45) is 0 Å². The minimum Gasteiger partial charge on any atom is -0.389 e. The molecule has 7 heteroatoms. The molecule has 0 radical (unpaired) electrons. The molecule has 1 aliphatic rings. The number of benzene rings is 2. The fraction of sp³-hybridized carbons (Fsp3) is 0.273. The number of nitrogens with one attached hydrogen (secondary N) is 2. The predicted molar refractivity (Wildman–Crippen MR) is 114 cm³/mol. The van der Waals surface area contributed by atoms with Crippen molar-refractivity contribution in [2.45, 2.75) is 18.9 Å². The van der Waals surface area contributed by atoms with E-state index in [9.17, 15) is 14.7 Å². The van der Waals surface area contributed by atoms with Crippen LogP contribution in [0, 0.1) is 0 Å². The Balaban J connectivity index is 1.52. The minimum atomic E-state index is -0.811. The molecule has 0 aliphatic carbocycles. The molecule has 2 aromatic carbocycles. The Morgan fingerprint density at radius 3 is 2.72 bits per heavy atom. The third-order valence-corrected chi connectivity index (χ3v) is 5.48. The number of hydrogen-bond acceptors (Lipinski definition) is 4. The van der Waals surface area contributed by atoms with Crippen LogP contribution in [0.2, 0.25) is 5.02 Å². The first kappa shape index (κ1) is 19.5. The van der Waals surface area contributed by atoms with Crippen LogP contribution in [0.25, 0.3) is 10.9 Å². The van der Waals surface area contributed by atoms with E-state index in [4.69, 9.17) is 11.6 Å². The SMILES string of the molecule is O=C(N[C@@H](Cc1cccc(N2CCC2)c1)C(=O)CO)c1cc2cc(Cl)ccc2[nH]1. The maximum atomic E-state index is 12.7. The van der Waals surface area contributed by atoms with E-state index < -0.39 is 24.3 Å². The number of aromatic amines is 1. The molecule has 150 valence electrons. The number of amides is 1. The first-order valence-electron chi connectivity index (χ1n) is 9.60. The summed E-state index contributed by atoms with van der Waals surface area (Å²) in [6.45, 7) is 1.44. The molecule has 0 unspecified atom stereocenters. The normalized spacial score (nSPS) is 14.5. The van der Waals surface area contributed by atoms with Crippen LogP contribution in [0.4, 0.5) is 5.69 Å². The second-order valence-corrected chi connectivity index (χ2v) is 7.72. The Morgan fingerprint density at radius 2 is 2.00 bits per heavy atom. The third kappa shape index (κ3) is 4.28. The quantitative estimate of drug-likeness (QED) is 0.558. The van der Waals surface area contributed by atoms with E-state index in [2.05, 4.69) is 15.2 Å². The van der Waals surface area contributed by atoms with Gasteiger partial charge >= 0.3 is 0 Å². The number of hydrogen-bond donors (Lipinski definition) is 3. The van der Waals surface area contributed by atoms with Gasteiger partial charge in [0.2, 0.25) is 0 Å². The fourth-order valence-electron chi connectivity index (χ4n) is 3.51. The summed E-state index contributed by atoms with van der Waals surface area (Å²) in [5.74, 6) is -0.824. The summed E-state index contributed by atoms with van der Waals surface area (Å²) in [4.78, 5) is 30.3. The number of aliphatic hydroxyl groups is 1. The van der Waals surface area contributed by atoms with Crippen molar-refractivity contribution in [3.05, 3.63) is 64.8 Å². The Bertz CT molecular complexity index is 1060. The summed E-state index contributed by atoms with van der Waals surface area (Å²) in [5.41, 5.74) is 3.17. The van der Waals surface area contributed by atoms with Gasteiger partial charge in [-0.05, 0) is 54.8 Å². The van der Waals surface area contributed by atoms with Crippen molar-refractivity contribution < 1.29 is 14.7 Å². The lowest BCUT2D eigenvalue weighted by molar-refractivity contribution is -0.123. The molecule has 3 N–H and O–H groups in total. The monoisotopic (exact) mass is 411 g/mol. The van der Waals surface area contributed by atoms with Gasteiger partial charge in [0.05, 0.1) is 6.04 Å². The van der Waals surface area contributed by atoms with Gasteiger partial charge in [-0.3, -0.25) is 9.59 Å². The number of carbonyl (C=O) groups is 2. The highest BCUT2D eigenvalue weighted by atomic mass is 35.5. The molecule has 2 heterocycles. The van der Waals surface area contributed by atoms with E-state index in [1.54, 1.807) is 24.3 Å². The van der Waals surface area contributed by atoms with Crippen molar-refractivity contribution in [3.8, 4) is 0 Å². The van der Waals surface area contributed by atoms with Crippen LogP contribution in [0.15, 0.2) is 48.5 Å². The number of H-pyrrole nitrogens is 1. The van der Waals surface area contributed by atoms with Crippen LogP contribution in [-0.4, -0.2) is 47.5 Å². The van der Waals surface area contributed by atoms with Gasteiger partial charge in [-0.2, -0.15) is 0 Å². The van der Waals surface area contributed by atoms with E-state index in [1.807, 2.05) is 24.3 Å². The van der Waals surface area contributed by atoms with Crippen LogP contribution in [0.3, 0.4) is 0 Å². The molecule has 29 heavy (non-hydrogen) atoms. The van der Waals surface area contributed by atoms with Gasteiger partial charge in [-0.1, -0.05) is 23.7 Å². The maximum Gasteiger partial charge on any atom is 0.268 e. The maximum absolute atomic E-state index is 12.7. The van der Waals surface area contributed by atoms with Crippen LogP contribution in [-0.2, 0) is 11.2 Å². The lowest BCUT2D eigenvalue weighted by Crippen LogP contribution is -2.43. The molecule has 1 atom stereocenters. The first-order chi connectivity index (χ1) is 14.0. The summed E-state index contributed by atoms with van der Waals surface area (Å²) >= 11 is 6.00. The van der Waals surface area contributed by atoms with Crippen LogP contribution in [0.5, 0.6) is 0 Å². The minimum absolute atomic E-state index is 0.318. The molecule has 1 aromatic heterocycles. The van der Waals surface area contributed by atoms with Gasteiger partial charge in [0.15, 0.2) is 5.78 Å². The predicted octanol–water partition coefficient (Wildman–Crippen LogP) is 2.93. The summed E-state index contributed by atoms with van der Waals surface area (Å²) in [7, 11) is 0. The first-order valence-corrected chi connectivity index (χ1v) is 9.98. The van der Waals surface area contributed by atoms with Crippen molar-refractivity contribution in [1.82, 2.24) is 10.3 Å². The molecule has 4 rings (SSSR count). The summed E-state index contributed by atoms with van der Waals surface area (Å²) in [5, 5.41) is 13.5. The molecule has 1 amide bonds. The average molecular weight is 412 g/mol. The van der Waals surface area contributed by atoms with E-state index in [1.165, 1.54) is 6.42 Å². The molecule has 6 nitrogen and oxygen atoms in total. The Morgan fingerprint density at radius 1 is 1.17 bits per heavy atom. The molecule has 1 aliphatic heterocycles. The van der Waals surface area contributed by atoms with E-state index in [0.717, 1.165) is 35.2 Å². The number of aromatic nitrogens is 1. The number of halogens is 1. The summed E-state index contributed by atoms with van der Waals surface area (Å²) in [6, 6.07) is 14.1. The Labute approximate surface area is 173 Å². The summed E-state index contributed by atoms with van der Waals surface area (Å²) in [6.07, 6.45) is 1.50. The van der Waals surface area contributed by atoms with Gasteiger partial charge < -0.3 is 20.3 Å². The van der Waals surface area contributed by atoms with Gasteiger partial charge in [0, 0.05) is 34.7 Å². The zero-order chi connectivity index (χ0) is 20.4. The molecular formula is C22H22ClN3O3. The zero-order valence-electron chi connectivity index (χ0n) is 15.8. The number of Topliss-reactive ketones (excluding diaryl/α,β-unsaturated/α-hetero) is 1. The Kier molecular flexibility index (Phi) is 5.56. The molecule has 3 aromatic rings. The van der Waals surface area contributed by atoms with Crippen molar-refractivity contribution in [2.75, 3.05) is 24.6 Å². The van der Waals surface area contributed by atoms with Crippen molar-refractivity contribution in [1.29, 1.82) is 0 Å². The number of nitrogens with zero attached hydrogens (tertiary/aromatic N) is 1. The number of ketones is 1. The van der Waals surface area contributed by atoms with Gasteiger partial charge in [-0.15, -0.1) is 0 Å². The standard InChI is InChI=1S/C22H22ClN3O3/c23-16-5-6-18-15(11-16)12-20(24-18)22(29)25-19(21(28)13-27)10-14-3-1-4-17(9-14)26-7-2-8-26/h1,3-6,9,11-12,19,24,27H,2,7-8,10,13H2,(H,25,29)/t19-/m0/s1. The molecule has 1 saturated heterocycles. The van der Waals surface area contributed by atoms with Crippen LogP contribution >= 0.6 is 11.6 Å². The Hall–Kier alpha value is -2.83. The smallest absolute Gasteiger partial charge is 0.268 e. The highest BCUT2D eigenvalue weighted by Crippen LogP contribution is 2.23. The van der Waals surface area contributed by atoms with Crippen LogP contribution < -0.4 is 10.2 Å². The van der Waals surface area contributed by atoms with Gasteiger partial charge in [0.25, 0.3) is 5.91 Å². The number of anilines is 1. The van der Waals surface area contributed by atoms with Crippen LogP contribution in [0.1, 0.15) is 22.5 Å². The molecular weight excluding hydrogens is 390 g/mol. The fourth-order valence-corrected chi connectivity index (χ4v) is 3.69. The number of fused-ring (bicyclic) bond motifs is 1.